The molecule has 0 bridgehead atoms. The second-order valence-corrected chi connectivity index (χ2v) is 17.6. The lowest BCUT2D eigenvalue weighted by Gasteiger charge is -2.55. The lowest BCUT2D eigenvalue weighted by atomic mass is 9.66. The van der Waals surface area contributed by atoms with Gasteiger partial charge in [-0.15, -0.1) is 0 Å². The van der Waals surface area contributed by atoms with E-state index in [2.05, 4.69) is 135 Å². The normalized spacial score (nSPS) is 24.0. The Morgan fingerprint density at radius 2 is 0.698 bits per heavy atom. The van der Waals surface area contributed by atoms with Crippen molar-refractivity contribution in [1.29, 1.82) is 0 Å². The predicted octanol–water partition coefficient (Wildman–Crippen LogP) is 11.0. The Morgan fingerprint density at radius 1 is 0.465 bits per heavy atom. The molecule has 0 aliphatic carbocycles. The van der Waals surface area contributed by atoms with Crippen molar-refractivity contribution in [2.24, 2.45) is 10.8 Å². The molecule has 2 aliphatic heterocycles. The van der Waals surface area contributed by atoms with Crippen molar-refractivity contribution in [3.05, 3.63) is 57.6 Å². The zero-order valence-corrected chi connectivity index (χ0v) is 31.1. The fourth-order valence-corrected chi connectivity index (χ4v) is 9.22. The number of rotatable bonds is 6. The summed E-state index contributed by atoms with van der Waals surface area (Å²) in [5.41, 5.74) is 4.78. The van der Waals surface area contributed by atoms with E-state index in [0.29, 0.717) is 0 Å². The monoisotopic (exact) mass is 632 g/mol. The van der Waals surface area contributed by atoms with Gasteiger partial charge in [0, 0.05) is 10.8 Å². The van der Waals surface area contributed by atoms with Gasteiger partial charge >= 0.3 is 17.2 Å². The average Bonchev–Trinajstić information content (AvgIpc) is 2.80. The standard InChI is InChI=1S/C35H54O6P2/c1-22-17-26(18-23(2)28(22)36-42-38-32(9,10)30(5,6)33(11,12)39-42)21-27-19-24(3)29(25(4)20-27)37-43-40-34(13,14)31(7,8)35(15,16)41-43/h17-20H,21H2,1-16H3. The second-order valence-electron chi connectivity index (χ2n) is 15.6. The van der Waals surface area contributed by atoms with Crippen molar-refractivity contribution >= 4 is 17.2 Å². The van der Waals surface area contributed by atoms with Crippen molar-refractivity contribution in [3.8, 4) is 11.5 Å². The minimum absolute atomic E-state index is 0.186. The van der Waals surface area contributed by atoms with Gasteiger partial charge in [-0.1, -0.05) is 52.0 Å². The molecule has 0 unspecified atom stereocenters. The van der Waals surface area contributed by atoms with Crippen LogP contribution in [0.25, 0.3) is 0 Å². The van der Waals surface area contributed by atoms with E-state index in [9.17, 15) is 0 Å². The van der Waals surface area contributed by atoms with Gasteiger partial charge in [0.05, 0.1) is 22.4 Å². The van der Waals surface area contributed by atoms with E-state index in [0.717, 1.165) is 40.2 Å². The van der Waals surface area contributed by atoms with Gasteiger partial charge in [0.2, 0.25) is 0 Å². The summed E-state index contributed by atoms with van der Waals surface area (Å²) in [5, 5.41) is 0. The molecule has 0 saturated carbocycles. The van der Waals surface area contributed by atoms with E-state index in [-0.39, 0.29) is 10.8 Å². The quantitative estimate of drug-likeness (QED) is 0.295. The van der Waals surface area contributed by atoms with Crippen LogP contribution in [0.4, 0.5) is 0 Å². The van der Waals surface area contributed by atoms with Crippen LogP contribution in [0, 0.1) is 38.5 Å². The highest BCUT2D eigenvalue weighted by Gasteiger charge is 2.58. The molecule has 43 heavy (non-hydrogen) atoms. The summed E-state index contributed by atoms with van der Waals surface area (Å²) in [6.07, 6.45) is 0.802. The molecule has 2 aliphatic rings. The summed E-state index contributed by atoms with van der Waals surface area (Å²) in [6.45, 7) is 34.1. The molecule has 2 saturated heterocycles. The zero-order chi connectivity index (χ0) is 32.6. The van der Waals surface area contributed by atoms with Gasteiger partial charge in [0.1, 0.15) is 11.5 Å². The van der Waals surface area contributed by atoms with Crippen molar-refractivity contribution in [2.45, 2.75) is 140 Å². The van der Waals surface area contributed by atoms with E-state index < -0.39 is 39.6 Å². The Morgan fingerprint density at radius 3 is 0.930 bits per heavy atom. The summed E-state index contributed by atoms with van der Waals surface area (Å²) >= 11 is 0. The van der Waals surface area contributed by atoms with Crippen molar-refractivity contribution < 1.29 is 27.1 Å². The third-order valence-corrected chi connectivity index (χ3v) is 14.1. The second kappa shape index (κ2) is 11.2. The van der Waals surface area contributed by atoms with E-state index >= 15 is 0 Å². The summed E-state index contributed by atoms with van der Waals surface area (Å²) < 4.78 is 38.4. The van der Waals surface area contributed by atoms with E-state index in [1.807, 2.05) is 0 Å². The van der Waals surface area contributed by atoms with E-state index in [1.165, 1.54) is 11.1 Å². The molecule has 0 atom stereocenters. The van der Waals surface area contributed by atoms with Crippen LogP contribution in [-0.2, 0) is 24.5 Å². The first-order chi connectivity index (χ1) is 19.4. The molecule has 0 aromatic heterocycles. The molecule has 2 fully saturated rings. The van der Waals surface area contributed by atoms with Gasteiger partial charge in [-0.25, -0.2) is 0 Å². The molecular formula is C35H54O6P2. The molecule has 4 rings (SSSR count). The lowest BCUT2D eigenvalue weighted by molar-refractivity contribution is -0.169. The maximum atomic E-state index is 6.44. The third-order valence-electron chi connectivity index (χ3n) is 11.0. The van der Waals surface area contributed by atoms with Gasteiger partial charge < -0.3 is 9.05 Å². The largest absolute Gasteiger partial charge is 0.426 e. The highest BCUT2D eigenvalue weighted by atomic mass is 31.2. The Labute approximate surface area is 263 Å². The van der Waals surface area contributed by atoms with Gasteiger partial charge in [-0.2, -0.15) is 0 Å². The average molecular weight is 633 g/mol. The molecule has 0 spiro atoms. The first kappa shape index (κ1) is 34.6. The highest BCUT2D eigenvalue weighted by molar-refractivity contribution is 7.42. The molecule has 6 nitrogen and oxygen atoms in total. The molecule has 240 valence electrons. The molecule has 2 aromatic carbocycles. The Balaban J connectivity index is 1.50. The third kappa shape index (κ3) is 6.27. The molecule has 8 heteroatoms. The Bertz CT molecular complexity index is 1180. The summed E-state index contributed by atoms with van der Waals surface area (Å²) in [7, 11) is -3.09. The minimum atomic E-state index is -1.54. The van der Waals surface area contributed by atoms with Crippen LogP contribution < -0.4 is 9.05 Å². The van der Waals surface area contributed by atoms with Gasteiger partial charge in [0.15, 0.2) is 0 Å². The molecule has 0 radical (unpaired) electrons. The van der Waals surface area contributed by atoms with Gasteiger partial charge in [0.25, 0.3) is 0 Å². The lowest BCUT2D eigenvalue weighted by Crippen LogP contribution is -2.58. The predicted molar refractivity (Wildman–Crippen MR) is 178 cm³/mol. The van der Waals surface area contributed by atoms with Crippen LogP contribution in [0.1, 0.15) is 116 Å². The van der Waals surface area contributed by atoms with E-state index in [4.69, 9.17) is 27.1 Å². The maximum absolute atomic E-state index is 6.44. The Hall–Kier alpha value is -1.26. The molecule has 2 aromatic rings. The van der Waals surface area contributed by atoms with Crippen LogP contribution >= 0.6 is 17.2 Å². The fourth-order valence-electron chi connectivity index (χ4n) is 5.72. The first-order valence-electron chi connectivity index (χ1n) is 15.3. The Kier molecular flexibility index (Phi) is 9.03. The van der Waals surface area contributed by atoms with Crippen LogP contribution in [0.3, 0.4) is 0 Å². The van der Waals surface area contributed by atoms with Crippen molar-refractivity contribution in [1.82, 2.24) is 0 Å². The smallest absolute Gasteiger partial charge is 0.398 e. The molecule has 0 N–H and O–H groups in total. The summed E-state index contributed by atoms with van der Waals surface area (Å²) in [5.74, 6) is 1.67. The highest BCUT2D eigenvalue weighted by Crippen LogP contribution is 2.63. The SMILES string of the molecule is Cc1cc(Cc2cc(C)c(OP3OC(C)(C)C(C)(C)C(C)(C)O3)c(C)c2)cc(C)c1OP1OC(C)(C)C(C)(C)C(C)(C)O1. The number of aryl methyl sites for hydroxylation is 4. The van der Waals surface area contributed by atoms with E-state index in [1.54, 1.807) is 0 Å². The minimum Gasteiger partial charge on any atom is -0.426 e. The van der Waals surface area contributed by atoms with Crippen LogP contribution in [-0.4, -0.2) is 22.4 Å². The summed E-state index contributed by atoms with van der Waals surface area (Å²) in [6, 6.07) is 8.82. The number of hydrogen-bond acceptors (Lipinski definition) is 6. The van der Waals surface area contributed by atoms with Crippen LogP contribution in [0.2, 0.25) is 0 Å². The maximum Gasteiger partial charge on any atom is 0.398 e. The van der Waals surface area contributed by atoms with Crippen LogP contribution in [0.15, 0.2) is 24.3 Å². The first-order valence-corrected chi connectivity index (χ1v) is 17.5. The molecular weight excluding hydrogens is 578 g/mol. The van der Waals surface area contributed by atoms with Gasteiger partial charge in [-0.3, -0.25) is 18.1 Å². The van der Waals surface area contributed by atoms with Crippen molar-refractivity contribution in [2.75, 3.05) is 0 Å². The van der Waals surface area contributed by atoms with Crippen molar-refractivity contribution in [3.63, 3.8) is 0 Å². The molecule has 0 amide bonds. The zero-order valence-electron chi connectivity index (χ0n) is 29.4. The number of hydrogen-bond donors (Lipinski definition) is 0. The number of benzene rings is 2. The molecule has 2 heterocycles. The topological polar surface area (TPSA) is 55.4 Å². The van der Waals surface area contributed by atoms with Crippen LogP contribution in [0.5, 0.6) is 11.5 Å². The van der Waals surface area contributed by atoms with Gasteiger partial charge in [-0.05, 0) is 123 Å². The summed E-state index contributed by atoms with van der Waals surface area (Å²) in [4.78, 5) is 0. The fraction of sp³-hybridized carbons (Fsp3) is 0.657.